The molecule has 1 aromatic carbocycles. The molecule has 1 saturated heterocycles. The molecule has 1 aromatic rings. The Morgan fingerprint density at radius 3 is 2.47 bits per heavy atom. The highest BCUT2D eigenvalue weighted by Gasteiger charge is 2.28. The molecule has 0 spiro atoms. The van der Waals surface area contributed by atoms with Gasteiger partial charge in [0.15, 0.2) is 0 Å². The van der Waals surface area contributed by atoms with E-state index in [1.807, 2.05) is 30.3 Å². The number of morpholine rings is 1. The Balaban J connectivity index is 1.91. The molecule has 0 amide bonds. The average molecular weight is 392 g/mol. The van der Waals surface area contributed by atoms with Crippen molar-refractivity contribution in [3.8, 4) is 0 Å². The summed E-state index contributed by atoms with van der Waals surface area (Å²) in [6.07, 6.45) is 0. The number of rotatable bonds is 5. The van der Waals surface area contributed by atoms with Gasteiger partial charge in [-0.05, 0) is 5.56 Å². The van der Waals surface area contributed by atoms with Crippen LogP contribution in [0.5, 0.6) is 0 Å². The molecule has 1 aliphatic heterocycles. The monoisotopic (exact) mass is 390 g/mol. The molecule has 104 valence electrons. The van der Waals surface area contributed by atoms with Crippen LogP contribution in [0.15, 0.2) is 30.3 Å². The van der Waals surface area contributed by atoms with Crippen molar-refractivity contribution < 1.29 is 14.4 Å². The number of benzene rings is 1. The summed E-state index contributed by atoms with van der Waals surface area (Å²) in [6, 6.07) is 10.0. The van der Waals surface area contributed by atoms with Crippen LogP contribution in [0.3, 0.4) is 0 Å². The molecule has 3 nitrogen and oxygen atoms in total. The molecule has 0 radical (unpaired) electrons. The topological polar surface area (TPSA) is 30.7 Å². The molecule has 1 fully saturated rings. The first-order valence-electron chi connectivity index (χ1n) is 6.45. The number of ether oxygens (including phenoxy) is 1. The minimum atomic E-state index is -0.190. The zero-order chi connectivity index (χ0) is 13.7. The normalized spacial score (nSPS) is 19.9. The third-order valence-electron chi connectivity index (χ3n) is 3.31. The van der Waals surface area contributed by atoms with E-state index in [9.17, 15) is 4.79 Å². The van der Waals surface area contributed by atoms with Crippen LogP contribution in [-0.4, -0.2) is 43.5 Å². The third kappa shape index (κ3) is 4.38. The van der Waals surface area contributed by atoms with Gasteiger partial charge in [-0.1, -0.05) is 62.2 Å². The Hall–Kier alpha value is -0.230. The van der Waals surface area contributed by atoms with Crippen molar-refractivity contribution in [1.29, 1.82) is 0 Å². The van der Waals surface area contributed by atoms with Crippen LogP contribution >= 0.6 is 31.9 Å². The van der Waals surface area contributed by atoms with Gasteiger partial charge in [0.1, 0.15) is 19.6 Å². The molecule has 1 N–H and O–H groups in total. The lowest BCUT2D eigenvalue weighted by atomic mass is 10.1. The highest BCUT2D eigenvalue weighted by atomic mass is 79.9. The van der Waals surface area contributed by atoms with E-state index in [4.69, 9.17) is 4.74 Å². The van der Waals surface area contributed by atoms with Crippen molar-refractivity contribution in [2.45, 2.75) is 9.65 Å². The zero-order valence-electron chi connectivity index (χ0n) is 10.6. The molecular formula is C14H18Br2NO2+. The van der Waals surface area contributed by atoms with E-state index in [2.05, 4.69) is 31.9 Å². The summed E-state index contributed by atoms with van der Waals surface area (Å²) < 4.78 is 5.31. The molecule has 0 aromatic heterocycles. The van der Waals surface area contributed by atoms with Crippen molar-refractivity contribution >= 4 is 37.6 Å². The Morgan fingerprint density at radius 2 is 1.84 bits per heavy atom. The fourth-order valence-electron chi connectivity index (χ4n) is 2.15. The van der Waals surface area contributed by atoms with Crippen molar-refractivity contribution in [3.05, 3.63) is 35.9 Å². The third-order valence-corrected chi connectivity index (χ3v) is 6.11. The standard InChI is InChI=1S/C14H17Br2NO2/c15-13(11-4-2-1-3-5-11)14(16)12(18)10-17-6-8-19-9-7-17/h1-5,13-14H,6-10H2/p+1. The molecule has 2 rings (SSSR count). The average Bonchev–Trinajstić information content (AvgIpc) is 2.47. The second kappa shape index (κ2) is 7.53. The first kappa shape index (κ1) is 15.2. The molecule has 5 heteroatoms. The van der Waals surface area contributed by atoms with E-state index in [1.165, 1.54) is 4.90 Å². The van der Waals surface area contributed by atoms with Crippen molar-refractivity contribution in [1.82, 2.24) is 0 Å². The number of quaternary nitrogens is 1. The number of carbonyl (C=O) groups is 1. The van der Waals surface area contributed by atoms with Gasteiger partial charge in [0.25, 0.3) is 0 Å². The van der Waals surface area contributed by atoms with Crippen LogP contribution in [0.1, 0.15) is 10.4 Å². The molecule has 1 heterocycles. The number of hydrogen-bond donors (Lipinski definition) is 1. The second-order valence-electron chi connectivity index (χ2n) is 4.72. The summed E-state index contributed by atoms with van der Waals surface area (Å²) >= 11 is 7.15. The minimum Gasteiger partial charge on any atom is -0.370 e. The smallest absolute Gasteiger partial charge is 0.201 e. The van der Waals surface area contributed by atoms with E-state index in [-0.39, 0.29) is 15.4 Å². The Labute approximate surface area is 130 Å². The van der Waals surface area contributed by atoms with Crippen LogP contribution in [0, 0.1) is 0 Å². The molecule has 0 bridgehead atoms. The van der Waals surface area contributed by atoms with Gasteiger partial charge in [-0.15, -0.1) is 0 Å². The minimum absolute atomic E-state index is 0.0154. The highest BCUT2D eigenvalue weighted by molar-refractivity contribution is 9.12. The number of nitrogens with one attached hydrogen (secondary N) is 1. The largest absolute Gasteiger partial charge is 0.370 e. The van der Waals surface area contributed by atoms with Gasteiger partial charge in [-0.2, -0.15) is 0 Å². The Kier molecular flexibility index (Phi) is 6.01. The Morgan fingerprint density at radius 1 is 1.21 bits per heavy atom. The molecule has 0 aliphatic carbocycles. The van der Waals surface area contributed by atoms with Gasteiger partial charge >= 0.3 is 0 Å². The van der Waals surface area contributed by atoms with Crippen molar-refractivity contribution in [2.75, 3.05) is 32.8 Å². The van der Waals surface area contributed by atoms with E-state index in [1.54, 1.807) is 0 Å². The van der Waals surface area contributed by atoms with E-state index >= 15 is 0 Å². The first-order chi connectivity index (χ1) is 9.18. The number of carbonyl (C=O) groups excluding carboxylic acids is 1. The predicted molar refractivity (Wildman–Crippen MR) is 82.2 cm³/mol. The van der Waals surface area contributed by atoms with Crippen LogP contribution in [-0.2, 0) is 9.53 Å². The quantitative estimate of drug-likeness (QED) is 0.768. The van der Waals surface area contributed by atoms with Crippen molar-refractivity contribution in [3.63, 3.8) is 0 Å². The van der Waals surface area contributed by atoms with Gasteiger partial charge in [0, 0.05) is 0 Å². The van der Waals surface area contributed by atoms with Gasteiger partial charge in [0.05, 0.1) is 22.9 Å². The van der Waals surface area contributed by atoms with Gasteiger partial charge in [-0.3, -0.25) is 4.79 Å². The fraction of sp³-hybridized carbons (Fsp3) is 0.500. The molecule has 19 heavy (non-hydrogen) atoms. The van der Waals surface area contributed by atoms with Gasteiger partial charge < -0.3 is 9.64 Å². The maximum Gasteiger partial charge on any atom is 0.201 e. The van der Waals surface area contributed by atoms with E-state index < -0.39 is 0 Å². The van der Waals surface area contributed by atoms with Crippen molar-refractivity contribution in [2.24, 2.45) is 0 Å². The van der Waals surface area contributed by atoms with Crippen LogP contribution in [0.25, 0.3) is 0 Å². The number of halogens is 2. The van der Waals surface area contributed by atoms with Crippen LogP contribution < -0.4 is 4.90 Å². The lowest BCUT2D eigenvalue weighted by Crippen LogP contribution is -3.15. The summed E-state index contributed by atoms with van der Waals surface area (Å²) in [4.78, 5) is 13.4. The maximum atomic E-state index is 12.3. The second-order valence-corrected chi connectivity index (χ2v) is 6.69. The lowest BCUT2D eigenvalue weighted by molar-refractivity contribution is -0.900. The van der Waals surface area contributed by atoms with Gasteiger partial charge in [0.2, 0.25) is 5.78 Å². The zero-order valence-corrected chi connectivity index (χ0v) is 13.8. The van der Waals surface area contributed by atoms with E-state index in [0.717, 1.165) is 31.9 Å². The summed E-state index contributed by atoms with van der Waals surface area (Å²) in [5, 5.41) is 0. The predicted octanol–water partition coefficient (Wildman–Crippen LogP) is 1.37. The number of Topliss-reactive ketones (excluding diaryl/α,β-unsaturated/α-hetero) is 1. The lowest BCUT2D eigenvalue weighted by Gasteiger charge is -2.25. The molecule has 2 unspecified atom stereocenters. The molecule has 0 saturated carbocycles. The van der Waals surface area contributed by atoms with Crippen LogP contribution in [0.4, 0.5) is 0 Å². The number of alkyl halides is 2. The Bertz CT molecular complexity index is 407. The molecule has 2 atom stereocenters. The van der Waals surface area contributed by atoms with Crippen LogP contribution in [0.2, 0.25) is 0 Å². The summed E-state index contributed by atoms with van der Waals surface area (Å²) in [7, 11) is 0. The molecule has 1 aliphatic rings. The van der Waals surface area contributed by atoms with E-state index in [0.29, 0.717) is 6.54 Å². The van der Waals surface area contributed by atoms with Gasteiger partial charge in [-0.25, -0.2) is 0 Å². The number of hydrogen-bond acceptors (Lipinski definition) is 2. The fourth-order valence-corrected chi connectivity index (χ4v) is 3.22. The number of ketones is 1. The maximum absolute atomic E-state index is 12.3. The summed E-state index contributed by atoms with van der Waals surface area (Å²) in [5.41, 5.74) is 1.12. The molecular weight excluding hydrogens is 374 g/mol. The summed E-state index contributed by atoms with van der Waals surface area (Å²) in [5.74, 6) is 0.239. The highest BCUT2D eigenvalue weighted by Crippen LogP contribution is 2.31. The first-order valence-corrected chi connectivity index (χ1v) is 8.28. The SMILES string of the molecule is O=C(C[NH+]1CCOCC1)C(Br)C(Br)c1ccccc1. The summed E-state index contributed by atoms with van der Waals surface area (Å²) in [6.45, 7) is 3.92.